The van der Waals surface area contributed by atoms with E-state index >= 15 is 0 Å². The van der Waals surface area contributed by atoms with Crippen LogP contribution >= 0.6 is 0 Å². The third-order valence-corrected chi connectivity index (χ3v) is 3.44. The second kappa shape index (κ2) is 7.35. The fourth-order valence-electron chi connectivity index (χ4n) is 2.23. The molecule has 0 aliphatic carbocycles. The van der Waals surface area contributed by atoms with Gasteiger partial charge in [-0.2, -0.15) is 0 Å². The van der Waals surface area contributed by atoms with Gasteiger partial charge in [-0.15, -0.1) is 0 Å². The first-order valence-corrected chi connectivity index (χ1v) is 7.37. The number of rotatable bonds is 6. The van der Waals surface area contributed by atoms with Crippen LogP contribution in [-0.2, 0) is 5.41 Å². The summed E-state index contributed by atoms with van der Waals surface area (Å²) in [4.78, 5) is 23.0. The van der Waals surface area contributed by atoms with Crippen LogP contribution in [0.4, 0.5) is 5.69 Å². The Morgan fingerprint density at radius 2 is 2.05 bits per heavy atom. The van der Waals surface area contributed by atoms with E-state index in [1.807, 2.05) is 27.7 Å². The van der Waals surface area contributed by atoms with E-state index in [-0.39, 0.29) is 35.2 Å². The Kier molecular flexibility index (Phi) is 6.05. The molecule has 0 aliphatic heterocycles. The zero-order valence-corrected chi connectivity index (χ0v) is 13.5. The van der Waals surface area contributed by atoms with Crippen LogP contribution in [0.1, 0.15) is 56.5 Å². The molecule has 0 aliphatic rings. The zero-order chi connectivity index (χ0) is 16.9. The Balaban J connectivity index is 3.00. The maximum atomic E-state index is 12.2. The topological polar surface area (TPSA) is 92.5 Å². The first-order chi connectivity index (χ1) is 10.2. The summed E-state index contributed by atoms with van der Waals surface area (Å²) in [5.74, 6) is -0.339. The second-order valence-corrected chi connectivity index (χ2v) is 6.48. The summed E-state index contributed by atoms with van der Waals surface area (Å²) in [5, 5.41) is 22.8. The highest BCUT2D eigenvalue weighted by atomic mass is 16.6. The van der Waals surface area contributed by atoms with Gasteiger partial charge in [0.1, 0.15) is 0 Å². The molecule has 0 fully saturated rings. The molecule has 0 saturated carbocycles. The van der Waals surface area contributed by atoms with Gasteiger partial charge in [-0.05, 0) is 31.2 Å². The minimum atomic E-state index is -0.452. The molecule has 0 radical (unpaired) electrons. The van der Waals surface area contributed by atoms with Gasteiger partial charge in [0.2, 0.25) is 0 Å². The summed E-state index contributed by atoms with van der Waals surface area (Å²) in [5.41, 5.74) is 0.465. The van der Waals surface area contributed by atoms with E-state index in [4.69, 9.17) is 5.11 Å². The lowest BCUT2D eigenvalue weighted by atomic mass is 9.85. The van der Waals surface area contributed by atoms with E-state index in [1.54, 1.807) is 12.1 Å². The third-order valence-electron chi connectivity index (χ3n) is 3.44. The molecule has 1 unspecified atom stereocenters. The SMILES string of the molecule is CC(CCCO)NC(=O)c1ccc(C(C)(C)C)c([N+](=O)[O-])c1. The highest BCUT2D eigenvalue weighted by molar-refractivity contribution is 5.95. The van der Waals surface area contributed by atoms with Crippen LogP contribution in [0.3, 0.4) is 0 Å². The Bertz CT molecular complexity index is 550. The third kappa shape index (κ3) is 4.80. The first kappa shape index (κ1) is 18.1. The monoisotopic (exact) mass is 308 g/mol. The molecule has 1 aromatic rings. The average Bonchev–Trinajstić information content (AvgIpc) is 2.43. The number of aliphatic hydroxyl groups excluding tert-OH is 1. The quantitative estimate of drug-likeness (QED) is 0.624. The molecule has 1 rings (SSSR count). The lowest BCUT2D eigenvalue weighted by molar-refractivity contribution is -0.386. The summed E-state index contributed by atoms with van der Waals surface area (Å²) in [6.45, 7) is 7.60. The number of nitro benzene ring substituents is 1. The largest absolute Gasteiger partial charge is 0.396 e. The molecule has 122 valence electrons. The highest BCUT2D eigenvalue weighted by Gasteiger charge is 2.26. The molecule has 2 N–H and O–H groups in total. The Hall–Kier alpha value is -1.95. The van der Waals surface area contributed by atoms with E-state index in [0.29, 0.717) is 18.4 Å². The van der Waals surface area contributed by atoms with Crippen molar-refractivity contribution in [1.82, 2.24) is 5.32 Å². The van der Waals surface area contributed by atoms with E-state index < -0.39 is 4.92 Å². The molecule has 6 heteroatoms. The van der Waals surface area contributed by atoms with E-state index in [9.17, 15) is 14.9 Å². The molecule has 1 atom stereocenters. The minimum absolute atomic E-state index is 0.0387. The lowest BCUT2D eigenvalue weighted by Crippen LogP contribution is -2.32. The molecule has 0 aromatic heterocycles. The first-order valence-electron chi connectivity index (χ1n) is 7.37. The smallest absolute Gasteiger partial charge is 0.273 e. The van der Waals surface area contributed by atoms with Gasteiger partial charge in [0.15, 0.2) is 0 Å². The number of nitro groups is 1. The standard InChI is InChI=1S/C16H24N2O4/c1-11(6-5-9-19)17-15(20)12-7-8-13(16(2,3)4)14(10-12)18(21)22/h7-8,10-11,19H,5-6,9H2,1-4H3,(H,17,20). The summed E-state index contributed by atoms with van der Waals surface area (Å²) in [6.07, 6.45) is 1.26. The Labute approximate surface area is 130 Å². The van der Waals surface area contributed by atoms with Gasteiger partial charge in [-0.3, -0.25) is 14.9 Å². The van der Waals surface area contributed by atoms with Crippen LogP contribution in [0.5, 0.6) is 0 Å². The number of nitrogens with one attached hydrogen (secondary N) is 1. The number of carbonyl (C=O) groups excluding carboxylic acids is 1. The van der Waals surface area contributed by atoms with Crippen molar-refractivity contribution in [2.45, 2.75) is 52.0 Å². The number of amides is 1. The van der Waals surface area contributed by atoms with Gasteiger partial charge in [0.05, 0.1) is 4.92 Å². The molecule has 0 spiro atoms. The van der Waals surface area contributed by atoms with Crippen molar-refractivity contribution in [3.63, 3.8) is 0 Å². The molecule has 1 aromatic carbocycles. The molecule has 0 saturated heterocycles. The maximum Gasteiger partial charge on any atom is 0.273 e. The molecule has 22 heavy (non-hydrogen) atoms. The fraction of sp³-hybridized carbons (Fsp3) is 0.562. The van der Waals surface area contributed by atoms with Crippen LogP contribution < -0.4 is 5.32 Å². The Morgan fingerprint density at radius 1 is 1.41 bits per heavy atom. The normalized spacial score (nSPS) is 12.8. The molecular weight excluding hydrogens is 284 g/mol. The molecular formula is C16H24N2O4. The molecule has 6 nitrogen and oxygen atoms in total. The van der Waals surface area contributed by atoms with E-state index in [1.165, 1.54) is 6.07 Å². The fourth-order valence-corrected chi connectivity index (χ4v) is 2.23. The predicted molar refractivity (Wildman–Crippen MR) is 85.0 cm³/mol. The van der Waals surface area contributed by atoms with Crippen LogP contribution in [-0.4, -0.2) is 28.6 Å². The van der Waals surface area contributed by atoms with E-state index in [2.05, 4.69) is 5.32 Å². The highest BCUT2D eigenvalue weighted by Crippen LogP contribution is 2.31. The Morgan fingerprint density at radius 3 is 2.55 bits per heavy atom. The molecule has 1 amide bonds. The predicted octanol–water partition coefficient (Wildman–Crippen LogP) is 2.78. The average molecular weight is 308 g/mol. The molecule has 0 heterocycles. The number of hydrogen-bond donors (Lipinski definition) is 2. The van der Waals surface area contributed by atoms with Crippen molar-refractivity contribution in [3.05, 3.63) is 39.4 Å². The number of carbonyl (C=O) groups is 1. The van der Waals surface area contributed by atoms with Crippen LogP contribution in [0.25, 0.3) is 0 Å². The van der Waals surface area contributed by atoms with Crippen molar-refractivity contribution in [2.24, 2.45) is 0 Å². The van der Waals surface area contributed by atoms with Gasteiger partial charge in [0.25, 0.3) is 11.6 Å². The van der Waals surface area contributed by atoms with Crippen LogP contribution in [0, 0.1) is 10.1 Å². The van der Waals surface area contributed by atoms with Gasteiger partial charge in [0, 0.05) is 29.8 Å². The van der Waals surface area contributed by atoms with Gasteiger partial charge in [-0.25, -0.2) is 0 Å². The van der Waals surface area contributed by atoms with Gasteiger partial charge >= 0.3 is 0 Å². The number of nitrogens with zero attached hydrogens (tertiary/aromatic N) is 1. The van der Waals surface area contributed by atoms with Crippen molar-refractivity contribution < 1.29 is 14.8 Å². The van der Waals surface area contributed by atoms with Crippen molar-refractivity contribution in [3.8, 4) is 0 Å². The molecule has 0 bridgehead atoms. The number of hydrogen-bond acceptors (Lipinski definition) is 4. The number of aliphatic hydroxyl groups is 1. The van der Waals surface area contributed by atoms with Crippen LogP contribution in [0.2, 0.25) is 0 Å². The van der Waals surface area contributed by atoms with E-state index in [0.717, 1.165) is 0 Å². The summed E-state index contributed by atoms with van der Waals surface area (Å²) >= 11 is 0. The van der Waals surface area contributed by atoms with Gasteiger partial charge in [-0.1, -0.05) is 26.8 Å². The van der Waals surface area contributed by atoms with Crippen molar-refractivity contribution in [2.75, 3.05) is 6.61 Å². The second-order valence-electron chi connectivity index (χ2n) is 6.48. The van der Waals surface area contributed by atoms with Gasteiger partial charge < -0.3 is 10.4 Å². The summed E-state index contributed by atoms with van der Waals surface area (Å²) < 4.78 is 0. The lowest BCUT2D eigenvalue weighted by Gasteiger charge is -2.19. The summed E-state index contributed by atoms with van der Waals surface area (Å²) in [7, 11) is 0. The van der Waals surface area contributed by atoms with Crippen molar-refractivity contribution >= 4 is 11.6 Å². The number of benzene rings is 1. The van der Waals surface area contributed by atoms with Crippen molar-refractivity contribution in [1.29, 1.82) is 0 Å². The minimum Gasteiger partial charge on any atom is -0.396 e. The van der Waals surface area contributed by atoms with Crippen LogP contribution in [0.15, 0.2) is 18.2 Å². The zero-order valence-electron chi connectivity index (χ0n) is 13.5. The maximum absolute atomic E-state index is 12.2. The summed E-state index contributed by atoms with van der Waals surface area (Å²) in [6, 6.07) is 4.49.